The molecule has 0 radical (unpaired) electrons. The highest BCUT2D eigenvalue weighted by atomic mass is 15.2. The molecule has 0 rings (SSSR count). The van der Waals surface area contributed by atoms with E-state index in [0.29, 0.717) is 0 Å². The average Bonchev–Trinajstić information content (AvgIpc) is 1.96. The van der Waals surface area contributed by atoms with E-state index in [1.807, 2.05) is 11.9 Å². The van der Waals surface area contributed by atoms with Crippen molar-refractivity contribution in [2.75, 3.05) is 7.05 Å². The summed E-state index contributed by atoms with van der Waals surface area (Å²) in [4.78, 5) is 6.11. The van der Waals surface area contributed by atoms with E-state index >= 15 is 0 Å². The Kier molecular flexibility index (Phi) is 3.74. The van der Waals surface area contributed by atoms with Gasteiger partial charge >= 0.3 is 0 Å². The third kappa shape index (κ3) is 2.91. The van der Waals surface area contributed by atoms with Crippen molar-refractivity contribution in [1.29, 1.82) is 0 Å². The zero-order valence-electron chi connectivity index (χ0n) is 8.46. The molecular formula is C10H18N2. The van der Waals surface area contributed by atoms with E-state index in [-0.39, 0.29) is 5.41 Å². The van der Waals surface area contributed by atoms with Gasteiger partial charge in [0.2, 0.25) is 0 Å². The lowest BCUT2D eigenvalue weighted by Gasteiger charge is -2.27. The predicted molar refractivity (Wildman–Crippen MR) is 55.0 cm³/mol. The minimum absolute atomic E-state index is 0.0249. The van der Waals surface area contributed by atoms with Crippen molar-refractivity contribution in [2.45, 2.75) is 20.8 Å². The highest BCUT2D eigenvalue weighted by molar-refractivity contribution is 5.88. The van der Waals surface area contributed by atoms with Crippen LogP contribution in [0.2, 0.25) is 0 Å². The van der Waals surface area contributed by atoms with Crippen LogP contribution >= 0.6 is 0 Å². The fourth-order valence-electron chi connectivity index (χ4n) is 0.987. The van der Waals surface area contributed by atoms with Crippen LogP contribution in [0.15, 0.2) is 30.6 Å². The topological polar surface area (TPSA) is 15.6 Å². The summed E-state index contributed by atoms with van der Waals surface area (Å²) in [6, 6.07) is 0. The molecule has 0 fully saturated rings. The molecule has 0 aromatic carbocycles. The molecule has 0 saturated heterocycles. The first-order chi connectivity index (χ1) is 5.43. The van der Waals surface area contributed by atoms with Gasteiger partial charge in [0.15, 0.2) is 0 Å². The van der Waals surface area contributed by atoms with Crippen LogP contribution in [-0.2, 0) is 0 Å². The van der Waals surface area contributed by atoms with Crippen LogP contribution < -0.4 is 0 Å². The SMILES string of the molecule is C=CN=C(N(C)C=C)C(C)(C)C. The molecule has 0 atom stereocenters. The Morgan fingerprint density at radius 1 is 1.33 bits per heavy atom. The van der Waals surface area contributed by atoms with Crippen LogP contribution in [0, 0.1) is 5.41 Å². The summed E-state index contributed by atoms with van der Waals surface area (Å²) in [6.45, 7) is 13.6. The Hall–Kier alpha value is -1.05. The van der Waals surface area contributed by atoms with E-state index in [9.17, 15) is 0 Å². The standard InChI is InChI=1S/C10H18N2/c1-7-11-9(10(3,4)5)12(6)8-2/h7-8H,1-2H2,3-6H3. The summed E-state index contributed by atoms with van der Waals surface area (Å²) >= 11 is 0. The maximum absolute atomic E-state index is 4.20. The minimum atomic E-state index is 0.0249. The monoisotopic (exact) mass is 166 g/mol. The number of amidine groups is 1. The number of aliphatic imine (C=N–C) groups is 1. The third-order valence-corrected chi connectivity index (χ3v) is 1.49. The van der Waals surface area contributed by atoms with Gasteiger partial charge in [-0.15, -0.1) is 0 Å². The second-order valence-electron chi connectivity index (χ2n) is 3.68. The smallest absolute Gasteiger partial charge is 0.113 e. The zero-order chi connectivity index (χ0) is 9.78. The first-order valence-corrected chi connectivity index (χ1v) is 3.98. The molecule has 0 heterocycles. The molecule has 0 unspecified atom stereocenters. The summed E-state index contributed by atoms with van der Waals surface area (Å²) < 4.78 is 0. The highest BCUT2D eigenvalue weighted by Crippen LogP contribution is 2.18. The quantitative estimate of drug-likeness (QED) is 0.455. The second kappa shape index (κ2) is 4.10. The third-order valence-electron chi connectivity index (χ3n) is 1.49. The second-order valence-corrected chi connectivity index (χ2v) is 3.68. The van der Waals surface area contributed by atoms with Gasteiger partial charge in [-0.25, -0.2) is 4.99 Å². The lowest BCUT2D eigenvalue weighted by atomic mass is 9.94. The maximum atomic E-state index is 4.20. The van der Waals surface area contributed by atoms with E-state index in [0.717, 1.165) is 5.84 Å². The molecule has 0 spiro atoms. The lowest BCUT2D eigenvalue weighted by Crippen LogP contribution is -2.33. The molecule has 0 aliphatic carbocycles. The Morgan fingerprint density at radius 3 is 2.08 bits per heavy atom. The fourth-order valence-corrected chi connectivity index (χ4v) is 0.987. The highest BCUT2D eigenvalue weighted by Gasteiger charge is 2.20. The van der Waals surface area contributed by atoms with Crippen LogP contribution in [0.25, 0.3) is 0 Å². The predicted octanol–water partition coefficient (Wildman–Crippen LogP) is 2.65. The Labute approximate surface area is 75.3 Å². The van der Waals surface area contributed by atoms with E-state index in [1.165, 1.54) is 0 Å². The molecule has 0 amide bonds. The number of nitrogens with zero attached hydrogens (tertiary/aromatic N) is 2. The van der Waals surface area contributed by atoms with Gasteiger partial charge in [-0.2, -0.15) is 0 Å². The first kappa shape index (κ1) is 11.0. The zero-order valence-corrected chi connectivity index (χ0v) is 8.46. The van der Waals surface area contributed by atoms with Crippen molar-refractivity contribution in [3.05, 3.63) is 25.6 Å². The molecule has 12 heavy (non-hydrogen) atoms. The molecule has 0 aromatic rings. The summed E-state index contributed by atoms with van der Waals surface area (Å²) in [5, 5.41) is 0. The number of hydrogen-bond donors (Lipinski definition) is 0. The van der Waals surface area contributed by atoms with Crippen molar-refractivity contribution in [3.63, 3.8) is 0 Å². The number of rotatable bonds is 2. The van der Waals surface area contributed by atoms with E-state index in [2.05, 4.69) is 38.9 Å². The van der Waals surface area contributed by atoms with Crippen LogP contribution in [0.3, 0.4) is 0 Å². The van der Waals surface area contributed by atoms with Crippen LogP contribution in [-0.4, -0.2) is 17.8 Å². The van der Waals surface area contributed by atoms with Gasteiger partial charge in [0.25, 0.3) is 0 Å². The molecule has 0 bridgehead atoms. The van der Waals surface area contributed by atoms with Crippen LogP contribution in [0.5, 0.6) is 0 Å². The van der Waals surface area contributed by atoms with Crippen molar-refractivity contribution in [2.24, 2.45) is 10.4 Å². The molecule has 0 N–H and O–H groups in total. The Bertz CT molecular complexity index is 196. The maximum Gasteiger partial charge on any atom is 0.113 e. The van der Waals surface area contributed by atoms with Gasteiger partial charge in [-0.1, -0.05) is 33.9 Å². The normalized spacial score (nSPS) is 12.5. The van der Waals surface area contributed by atoms with E-state index in [1.54, 1.807) is 12.4 Å². The summed E-state index contributed by atoms with van der Waals surface area (Å²) in [5.41, 5.74) is 0.0249. The van der Waals surface area contributed by atoms with Gasteiger partial charge in [0.05, 0.1) is 0 Å². The van der Waals surface area contributed by atoms with Crippen LogP contribution in [0.4, 0.5) is 0 Å². The summed E-state index contributed by atoms with van der Waals surface area (Å²) in [5.74, 6) is 0.965. The van der Waals surface area contributed by atoms with Gasteiger partial charge < -0.3 is 4.90 Å². The summed E-state index contributed by atoms with van der Waals surface area (Å²) in [7, 11) is 1.93. The molecule has 68 valence electrons. The largest absolute Gasteiger partial charge is 0.340 e. The first-order valence-electron chi connectivity index (χ1n) is 3.98. The van der Waals surface area contributed by atoms with Crippen molar-refractivity contribution >= 4 is 5.84 Å². The molecular weight excluding hydrogens is 148 g/mol. The van der Waals surface area contributed by atoms with Crippen molar-refractivity contribution < 1.29 is 0 Å². The van der Waals surface area contributed by atoms with Gasteiger partial charge in [0, 0.05) is 18.7 Å². The van der Waals surface area contributed by atoms with Crippen molar-refractivity contribution in [3.8, 4) is 0 Å². The lowest BCUT2D eigenvalue weighted by molar-refractivity contribution is 0.505. The van der Waals surface area contributed by atoms with Gasteiger partial charge in [-0.3, -0.25) is 0 Å². The van der Waals surface area contributed by atoms with Crippen molar-refractivity contribution in [1.82, 2.24) is 4.90 Å². The summed E-state index contributed by atoms with van der Waals surface area (Å²) in [6.07, 6.45) is 3.30. The molecule has 0 aliphatic rings. The average molecular weight is 166 g/mol. The van der Waals surface area contributed by atoms with Crippen LogP contribution in [0.1, 0.15) is 20.8 Å². The minimum Gasteiger partial charge on any atom is -0.340 e. The molecule has 2 heteroatoms. The van der Waals surface area contributed by atoms with Gasteiger partial charge in [-0.05, 0) is 6.20 Å². The van der Waals surface area contributed by atoms with E-state index in [4.69, 9.17) is 0 Å². The molecule has 0 aliphatic heterocycles. The Morgan fingerprint density at radius 2 is 1.83 bits per heavy atom. The number of hydrogen-bond acceptors (Lipinski definition) is 1. The van der Waals surface area contributed by atoms with E-state index < -0.39 is 0 Å². The fraction of sp³-hybridized carbons (Fsp3) is 0.500. The van der Waals surface area contributed by atoms with Gasteiger partial charge in [0.1, 0.15) is 5.84 Å². The molecule has 2 nitrogen and oxygen atoms in total. The Balaban J connectivity index is 4.79. The molecule has 0 saturated carbocycles. The molecule has 0 aromatic heterocycles.